The molecule has 3 aromatic rings. The SMILES string of the molecule is N#CNC(=Nc1c[c-]c(-c2cnco2)cc1)Nc1ccccc1.[W]. The Balaban J connectivity index is 0.00000208. The topological polar surface area (TPSA) is 86.2 Å². The molecular weight excluding hydrogens is 474 g/mol. The Hall–Kier alpha value is -2.90. The van der Waals surface area contributed by atoms with Gasteiger partial charge in [-0.05, 0) is 17.8 Å². The second-order valence-electron chi connectivity index (χ2n) is 4.51. The second-order valence-corrected chi connectivity index (χ2v) is 4.51. The Labute approximate surface area is 153 Å². The Kier molecular flexibility index (Phi) is 6.30. The third kappa shape index (κ3) is 4.55. The van der Waals surface area contributed by atoms with Crippen LogP contribution in [-0.2, 0) is 21.1 Å². The van der Waals surface area contributed by atoms with Crippen LogP contribution in [0.5, 0.6) is 0 Å². The maximum absolute atomic E-state index is 8.85. The normalized spacial score (nSPS) is 10.4. The Morgan fingerprint density at radius 2 is 2.04 bits per heavy atom. The number of aliphatic imine (C=N–C) groups is 1. The smallest absolute Gasteiger partial charge is 0.204 e. The molecule has 0 aliphatic heterocycles. The van der Waals surface area contributed by atoms with E-state index in [1.54, 1.807) is 18.3 Å². The van der Waals surface area contributed by atoms with Gasteiger partial charge in [0.15, 0.2) is 12.6 Å². The first-order chi connectivity index (χ1) is 11.3. The van der Waals surface area contributed by atoms with Crippen LogP contribution >= 0.6 is 0 Å². The van der Waals surface area contributed by atoms with E-state index in [4.69, 9.17) is 9.68 Å². The van der Waals surface area contributed by atoms with E-state index >= 15 is 0 Å². The first-order valence-corrected chi connectivity index (χ1v) is 6.81. The summed E-state index contributed by atoms with van der Waals surface area (Å²) in [6.07, 6.45) is 4.85. The molecule has 0 aliphatic carbocycles. The van der Waals surface area contributed by atoms with Gasteiger partial charge < -0.3 is 9.73 Å². The van der Waals surface area contributed by atoms with Crippen molar-refractivity contribution in [2.75, 3.05) is 5.32 Å². The Morgan fingerprint density at radius 3 is 2.67 bits per heavy atom. The Bertz CT molecular complexity index is 824. The molecule has 0 saturated carbocycles. The number of oxazole rings is 1. The van der Waals surface area contributed by atoms with Crippen LogP contribution in [-0.4, -0.2) is 10.9 Å². The number of nitriles is 1. The summed E-state index contributed by atoms with van der Waals surface area (Å²) in [4.78, 5) is 8.23. The molecule has 0 radical (unpaired) electrons. The predicted molar refractivity (Wildman–Crippen MR) is 86.7 cm³/mol. The second kappa shape index (κ2) is 8.66. The molecule has 24 heavy (non-hydrogen) atoms. The minimum Gasteiger partial charge on any atom is -0.490 e. The molecule has 0 atom stereocenters. The van der Waals surface area contributed by atoms with Gasteiger partial charge in [0.1, 0.15) is 0 Å². The molecule has 0 saturated heterocycles. The molecule has 3 rings (SSSR count). The predicted octanol–water partition coefficient (Wildman–Crippen LogP) is 3.31. The molecule has 0 fully saturated rings. The van der Waals surface area contributed by atoms with Crippen molar-refractivity contribution < 1.29 is 25.5 Å². The number of para-hydroxylation sites is 1. The van der Waals surface area contributed by atoms with Crippen LogP contribution in [0.2, 0.25) is 0 Å². The van der Waals surface area contributed by atoms with Crippen LogP contribution in [0.25, 0.3) is 11.3 Å². The first-order valence-electron chi connectivity index (χ1n) is 6.81. The van der Waals surface area contributed by atoms with E-state index < -0.39 is 0 Å². The fraction of sp³-hybridized carbons (Fsp3) is 0. The summed E-state index contributed by atoms with van der Waals surface area (Å²) in [5, 5.41) is 14.4. The van der Waals surface area contributed by atoms with Gasteiger partial charge in [0.2, 0.25) is 5.96 Å². The zero-order valence-electron chi connectivity index (χ0n) is 12.4. The summed E-state index contributed by atoms with van der Waals surface area (Å²) in [6, 6.07) is 17.9. The summed E-state index contributed by atoms with van der Waals surface area (Å²) in [5.41, 5.74) is 2.26. The summed E-state index contributed by atoms with van der Waals surface area (Å²) >= 11 is 0. The number of aromatic nitrogens is 1. The molecular formula is C17H12N5OW-. The number of benzene rings is 2. The van der Waals surface area contributed by atoms with Gasteiger partial charge in [-0.25, -0.2) is 4.98 Å². The minimum atomic E-state index is 0. The molecule has 6 nitrogen and oxygen atoms in total. The van der Waals surface area contributed by atoms with Crippen molar-refractivity contribution in [2.24, 2.45) is 4.99 Å². The van der Waals surface area contributed by atoms with Crippen LogP contribution < -0.4 is 10.6 Å². The van der Waals surface area contributed by atoms with E-state index in [-0.39, 0.29) is 21.1 Å². The number of rotatable bonds is 3. The van der Waals surface area contributed by atoms with Crippen LogP contribution in [0.3, 0.4) is 0 Å². The van der Waals surface area contributed by atoms with Crippen molar-refractivity contribution in [3.05, 3.63) is 67.2 Å². The largest absolute Gasteiger partial charge is 0.490 e. The van der Waals surface area contributed by atoms with Crippen molar-refractivity contribution in [3.8, 4) is 17.5 Å². The fourth-order valence-electron chi connectivity index (χ4n) is 1.92. The van der Waals surface area contributed by atoms with E-state index in [0.717, 1.165) is 11.3 Å². The van der Waals surface area contributed by atoms with Gasteiger partial charge in [-0.3, -0.25) is 10.3 Å². The van der Waals surface area contributed by atoms with Gasteiger partial charge in [0.05, 0.1) is 5.76 Å². The van der Waals surface area contributed by atoms with E-state index in [1.165, 1.54) is 6.39 Å². The number of guanidine groups is 1. The summed E-state index contributed by atoms with van der Waals surface area (Å²) in [7, 11) is 0. The quantitative estimate of drug-likeness (QED) is 0.195. The van der Waals surface area contributed by atoms with Gasteiger partial charge >= 0.3 is 0 Å². The molecule has 2 N–H and O–H groups in total. The van der Waals surface area contributed by atoms with E-state index in [1.807, 2.05) is 42.6 Å². The van der Waals surface area contributed by atoms with Crippen LogP contribution in [0.4, 0.5) is 11.4 Å². The first kappa shape index (κ1) is 17.5. The number of anilines is 1. The molecule has 0 spiro atoms. The van der Waals surface area contributed by atoms with Crippen LogP contribution in [0.15, 0.2) is 70.5 Å². The van der Waals surface area contributed by atoms with Gasteiger partial charge in [-0.1, -0.05) is 18.2 Å². The van der Waals surface area contributed by atoms with Crippen molar-refractivity contribution in [2.45, 2.75) is 0 Å². The molecule has 0 bridgehead atoms. The van der Waals surface area contributed by atoms with Crippen molar-refractivity contribution in [1.29, 1.82) is 5.26 Å². The molecule has 7 heteroatoms. The maximum Gasteiger partial charge on any atom is 0.204 e. The van der Waals surface area contributed by atoms with Gasteiger partial charge in [0, 0.05) is 32.9 Å². The zero-order valence-corrected chi connectivity index (χ0v) is 15.4. The van der Waals surface area contributed by atoms with E-state index in [9.17, 15) is 0 Å². The molecule has 1 heterocycles. The van der Waals surface area contributed by atoms with E-state index in [2.05, 4.69) is 26.7 Å². The van der Waals surface area contributed by atoms with Crippen molar-refractivity contribution >= 4 is 17.3 Å². The molecule has 2 aromatic carbocycles. The molecule has 1 aromatic heterocycles. The summed E-state index contributed by atoms with van der Waals surface area (Å²) in [5.74, 6) is 0.970. The zero-order chi connectivity index (χ0) is 15.9. The average molecular weight is 486 g/mol. The van der Waals surface area contributed by atoms with Gasteiger partial charge in [-0.2, -0.15) is 5.26 Å². The number of nitrogens with zero attached hydrogens (tertiary/aromatic N) is 3. The summed E-state index contributed by atoms with van der Waals surface area (Å²) in [6.45, 7) is 0. The molecule has 0 unspecified atom stereocenters. The number of hydrogen-bond acceptors (Lipinski definition) is 4. The van der Waals surface area contributed by atoms with Crippen molar-refractivity contribution in [3.63, 3.8) is 0 Å². The Morgan fingerprint density at radius 1 is 1.21 bits per heavy atom. The summed E-state index contributed by atoms with van der Waals surface area (Å²) < 4.78 is 5.21. The number of nitrogens with one attached hydrogen (secondary N) is 2. The van der Waals surface area contributed by atoms with Gasteiger partial charge in [-0.15, -0.1) is 29.8 Å². The molecule has 0 aliphatic rings. The molecule has 118 valence electrons. The fourth-order valence-corrected chi connectivity index (χ4v) is 1.92. The third-order valence-electron chi connectivity index (χ3n) is 2.95. The van der Waals surface area contributed by atoms with Crippen LogP contribution in [0, 0.1) is 17.5 Å². The number of hydrogen-bond donors (Lipinski definition) is 2. The monoisotopic (exact) mass is 486 g/mol. The molecule has 0 amide bonds. The van der Waals surface area contributed by atoms with Crippen LogP contribution in [0.1, 0.15) is 0 Å². The maximum atomic E-state index is 8.85. The van der Waals surface area contributed by atoms with Gasteiger partial charge in [0.25, 0.3) is 0 Å². The van der Waals surface area contributed by atoms with E-state index in [0.29, 0.717) is 17.4 Å². The standard InChI is InChI=1S/C17H12N5O.W/c18-11-20-17(21-14-4-2-1-3-5-14)22-15-8-6-13(7-9-15)16-10-19-12-23-16;/h1-6,8-10,12H,(H2,20,21,22);/q-1;. The minimum absolute atomic E-state index is 0. The average Bonchev–Trinajstić information content (AvgIpc) is 3.11. The van der Waals surface area contributed by atoms with Crippen molar-refractivity contribution in [1.82, 2.24) is 10.3 Å². The third-order valence-corrected chi connectivity index (χ3v) is 2.95.